The van der Waals surface area contributed by atoms with Crippen molar-refractivity contribution in [2.75, 3.05) is 4.90 Å². The van der Waals surface area contributed by atoms with Gasteiger partial charge in [0.25, 0.3) is 0 Å². The van der Waals surface area contributed by atoms with Gasteiger partial charge in [-0.3, -0.25) is 24.1 Å². The number of hydrogen-bond acceptors (Lipinski definition) is 5. The number of rotatable bonds is 2. The van der Waals surface area contributed by atoms with Crippen LogP contribution in [0.1, 0.15) is 24.3 Å². The van der Waals surface area contributed by atoms with Gasteiger partial charge in [0.1, 0.15) is 5.75 Å². The third kappa shape index (κ3) is 3.54. The summed E-state index contributed by atoms with van der Waals surface area (Å²) in [5.74, 6) is -3.76. The molecule has 4 aliphatic rings. The topological polar surface area (TPSA) is 91.8 Å². The van der Waals surface area contributed by atoms with E-state index in [0.717, 1.165) is 16.3 Å². The lowest BCUT2D eigenvalue weighted by Crippen LogP contribution is -2.39. The first-order valence-corrected chi connectivity index (χ1v) is 14.2. The van der Waals surface area contributed by atoms with Crippen LogP contribution in [-0.2, 0) is 19.2 Å². The van der Waals surface area contributed by atoms with Gasteiger partial charge in [-0.1, -0.05) is 53.6 Å². The maximum Gasteiger partial charge on any atom is 0.238 e. The van der Waals surface area contributed by atoms with Gasteiger partial charge in [-0.25, -0.2) is 0 Å². The minimum absolute atomic E-state index is 0.00436. The Bertz CT molecular complexity index is 1790. The van der Waals surface area contributed by atoms with E-state index < -0.39 is 23.7 Å². The van der Waals surface area contributed by atoms with Crippen molar-refractivity contribution in [3.8, 4) is 5.75 Å². The van der Waals surface area contributed by atoms with Gasteiger partial charge in [-0.05, 0) is 75.8 Å². The summed E-state index contributed by atoms with van der Waals surface area (Å²) in [4.78, 5) is 55.8. The molecule has 1 N–H and O–H groups in total. The fraction of sp³-hybridized carbons (Fsp3) is 0.188. The maximum absolute atomic E-state index is 14.0. The molecule has 0 spiro atoms. The molecule has 1 heterocycles. The molecule has 3 aliphatic carbocycles. The molecule has 0 unspecified atom stereocenters. The summed E-state index contributed by atoms with van der Waals surface area (Å²) in [7, 11) is 0. The van der Waals surface area contributed by atoms with Gasteiger partial charge >= 0.3 is 0 Å². The molecular weight excluding hydrogens is 594 g/mol. The van der Waals surface area contributed by atoms with Gasteiger partial charge in [-0.2, -0.15) is 0 Å². The van der Waals surface area contributed by atoms with Crippen molar-refractivity contribution in [2.24, 2.45) is 17.8 Å². The second-order valence-corrected chi connectivity index (χ2v) is 11.9. The number of ketones is 2. The van der Waals surface area contributed by atoms with Crippen molar-refractivity contribution < 1.29 is 24.3 Å². The van der Waals surface area contributed by atoms with Crippen molar-refractivity contribution in [3.05, 3.63) is 105 Å². The molecule has 6 nitrogen and oxygen atoms in total. The standard InChI is InChI=1S/C32H21BrClNO5/c33-23-14-25(37)28-22(30(23)38)13-21-19(29(28)27-18-4-2-1-3-15(18)5-12-24(27)36)10-11-20-26(21)32(40)35(31(20)39)17-8-6-16(34)7-9-17/h1-10,12,14,20-21,26,29,36H,11,13H2/t20-,21+,26-,29+/m0/s1. The number of amides is 2. The van der Waals surface area contributed by atoms with Gasteiger partial charge in [0.2, 0.25) is 11.8 Å². The maximum atomic E-state index is 14.0. The Morgan fingerprint density at radius 1 is 0.900 bits per heavy atom. The number of nitrogens with zero attached hydrogens (tertiary/aromatic N) is 1. The molecule has 4 atom stereocenters. The van der Waals surface area contributed by atoms with Crippen molar-refractivity contribution in [3.63, 3.8) is 0 Å². The Morgan fingerprint density at radius 2 is 1.65 bits per heavy atom. The van der Waals surface area contributed by atoms with E-state index >= 15 is 0 Å². The van der Waals surface area contributed by atoms with E-state index in [2.05, 4.69) is 15.9 Å². The molecule has 3 aromatic carbocycles. The first kappa shape index (κ1) is 25.2. The predicted molar refractivity (Wildman–Crippen MR) is 154 cm³/mol. The summed E-state index contributed by atoms with van der Waals surface area (Å²) in [6, 6.07) is 17.5. The van der Waals surface area contributed by atoms with Gasteiger partial charge in [0.15, 0.2) is 11.6 Å². The number of halogens is 2. The van der Waals surface area contributed by atoms with Crippen LogP contribution in [0.5, 0.6) is 5.75 Å². The summed E-state index contributed by atoms with van der Waals surface area (Å²) >= 11 is 9.30. The van der Waals surface area contributed by atoms with E-state index in [1.807, 2.05) is 36.4 Å². The zero-order valence-corrected chi connectivity index (χ0v) is 23.3. The van der Waals surface area contributed by atoms with E-state index in [1.165, 1.54) is 11.0 Å². The molecule has 3 aromatic rings. The average molecular weight is 615 g/mol. The number of aromatic hydroxyl groups is 1. The van der Waals surface area contributed by atoms with Crippen LogP contribution in [0.2, 0.25) is 5.02 Å². The molecule has 0 saturated carbocycles. The number of imide groups is 1. The van der Waals surface area contributed by atoms with E-state index in [1.54, 1.807) is 30.3 Å². The van der Waals surface area contributed by atoms with Crippen molar-refractivity contribution in [2.45, 2.75) is 18.8 Å². The lowest BCUT2D eigenvalue weighted by Gasteiger charge is -2.42. The lowest BCUT2D eigenvalue weighted by atomic mass is 9.59. The third-order valence-corrected chi connectivity index (χ3v) is 9.49. The summed E-state index contributed by atoms with van der Waals surface area (Å²) in [5.41, 5.74) is 2.41. The highest BCUT2D eigenvalue weighted by Crippen LogP contribution is 2.57. The fourth-order valence-corrected chi connectivity index (χ4v) is 7.54. The molecule has 1 fully saturated rings. The summed E-state index contributed by atoms with van der Waals surface area (Å²) in [6.07, 6.45) is 3.71. The molecule has 1 aliphatic heterocycles. The first-order chi connectivity index (χ1) is 19.3. The number of allylic oxidation sites excluding steroid dienone is 6. The van der Waals surface area contributed by atoms with Crippen LogP contribution >= 0.6 is 27.5 Å². The van der Waals surface area contributed by atoms with Crippen molar-refractivity contribution in [1.82, 2.24) is 0 Å². The molecule has 8 heteroatoms. The molecule has 40 heavy (non-hydrogen) atoms. The smallest absolute Gasteiger partial charge is 0.238 e. The van der Waals surface area contributed by atoms with E-state index in [-0.39, 0.29) is 40.0 Å². The van der Waals surface area contributed by atoms with Crippen LogP contribution < -0.4 is 4.90 Å². The molecule has 0 bridgehead atoms. The van der Waals surface area contributed by atoms with Crippen LogP contribution in [0.3, 0.4) is 0 Å². The Hall–Kier alpha value is -3.81. The fourth-order valence-electron chi connectivity index (χ4n) is 6.97. The van der Waals surface area contributed by atoms with Gasteiger partial charge in [-0.15, -0.1) is 0 Å². The number of phenols is 1. The lowest BCUT2D eigenvalue weighted by molar-refractivity contribution is -0.123. The molecule has 1 saturated heterocycles. The summed E-state index contributed by atoms with van der Waals surface area (Å²) in [5, 5.41) is 13.4. The highest BCUT2D eigenvalue weighted by atomic mass is 79.9. The number of fused-ring (bicyclic) bond motifs is 4. The predicted octanol–water partition coefficient (Wildman–Crippen LogP) is 6.17. The van der Waals surface area contributed by atoms with Gasteiger partial charge < -0.3 is 5.11 Å². The zero-order valence-electron chi connectivity index (χ0n) is 20.9. The monoisotopic (exact) mass is 613 g/mol. The number of carbonyl (C=O) groups excluding carboxylic acids is 4. The number of carbonyl (C=O) groups is 4. The minimum atomic E-state index is -0.735. The Morgan fingerprint density at radius 3 is 2.42 bits per heavy atom. The second kappa shape index (κ2) is 9.11. The molecule has 0 aromatic heterocycles. The van der Waals surface area contributed by atoms with Crippen molar-refractivity contribution in [1.29, 1.82) is 0 Å². The highest BCUT2D eigenvalue weighted by Gasteiger charge is 2.57. The Balaban J connectivity index is 1.42. The largest absolute Gasteiger partial charge is 0.508 e. The van der Waals surface area contributed by atoms with Gasteiger partial charge in [0, 0.05) is 33.7 Å². The number of benzene rings is 3. The van der Waals surface area contributed by atoms with Crippen LogP contribution in [0.25, 0.3) is 10.8 Å². The number of Topliss-reactive ketones (excluding diaryl/α,β-unsaturated/α-hetero) is 1. The SMILES string of the molecule is O=C1C=C(Br)C(=O)C2=C1[C@@H](c1c(O)ccc3ccccc13)C1=CC[C@@H]3C(=O)N(c4ccc(Cl)cc4)C(=O)[C@@H]3[C@@H]1C2. The van der Waals surface area contributed by atoms with Crippen LogP contribution in [0.4, 0.5) is 5.69 Å². The second-order valence-electron chi connectivity index (χ2n) is 10.6. The third-order valence-electron chi connectivity index (χ3n) is 8.65. The number of hydrogen-bond donors (Lipinski definition) is 1. The summed E-state index contributed by atoms with van der Waals surface area (Å²) in [6.45, 7) is 0. The van der Waals surface area contributed by atoms with Crippen LogP contribution in [-0.4, -0.2) is 28.5 Å². The highest BCUT2D eigenvalue weighted by molar-refractivity contribution is 9.12. The normalized spacial score (nSPS) is 26.0. The quantitative estimate of drug-likeness (QED) is 0.212. The van der Waals surface area contributed by atoms with Gasteiger partial charge in [0.05, 0.1) is 22.0 Å². The average Bonchev–Trinajstić information content (AvgIpc) is 3.21. The molecule has 198 valence electrons. The minimum Gasteiger partial charge on any atom is -0.508 e. The van der Waals surface area contributed by atoms with Crippen LogP contribution in [0.15, 0.2) is 94.0 Å². The first-order valence-electron chi connectivity index (χ1n) is 13.0. The molecule has 2 amide bonds. The zero-order chi connectivity index (χ0) is 27.9. The molecule has 7 rings (SSSR count). The molecular formula is C32H21BrClNO5. The Labute approximate surface area is 242 Å². The van der Waals surface area contributed by atoms with E-state index in [9.17, 15) is 24.3 Å². The van der Waals surface area contributed by atoms with E-state index in [0.29, 0.717) is 33.8 Å². The van der Waals surface area contributed by atoms with E-state index in [4.69, 9.17) is 11.6 Å². The number of phenolic OH excluding ortho intramolecular Hbond substituents is 1. The summed E-state index contributed by atoms with van der Waals surface area (Å²) < 4.78 is 0.161. The van der Waals surface area contributed by atoms with Crippen molar-refractivity contribution >= 4 is 67.4 Å². The number of anilines is 1. The molecule has 0 radical (unpaired) electrons. The Kier molecular flexibility index (Phi) is 5.74. The van der Waals surface area contributed by atoms with Crippen LogP contribution in [0, 0.1) is 17.8 Å².